The summed E-state index contributed by atoms with van der Waals surface area (Å²) in [5, 5.41) is 0. The van der Waals surface area contributed by atoms with Gasteiger partial charge in [0.05, 0.1) is 0 Å². The van der Waals surface area contributed by atoms with Crippen molar-refractivity contribution in [3.8, 4) is 0 Å². The van der Waals surface area contributed by atoms with Crippen molar-refractivity contribution in [1.82, 2.24) is 0 Å². The van der Waals surface area contributed by atoms with Gasteiger partial charge in [-0.1, -0.05) is 268 Å². The molecule has 6 nitrogen and oxygen atoms in total. The Morgan fingerprint density at radius 3 is 0.968 bits per heavy atom. The summed E-state index contributed by atoms with van der Waals surface area (Å²) in [6.07, 6.45) is 62.4. The van der Waals surface area contributed by atoms with Crippen LogP contribution in [0, 0.1) is 0 Å². The van der Waals surface area contributed by atoms with Crippen molar-refractivity contribution in [1.29, 1.82) is 0 Å². The van der Waals surface area contributed by atoms with E-state index in [-0.39, 0.29) is 31.1 Å². The molecule has 0 bridgehead atoms. The van der Waals surface area contributed by atoms with Crippen molar-refractivity contribution >= 4 is 17.9 Å². The number of rotatable bonds is 49. The fourth-order valence-electron chi connectivity index (χ4n) is 7.87. The fourth-order valence-corrected chi connectivity index (χ4v) is 7.87. The summed E-state index contributed by atoms with van der Waals surface area (Å²) in [5.74, 6) is -0.908. The van der Waals surface area contributed by atoms with E-state index >= 15 is 0 Å². The van der Waals surface area contributed by atoms with Crippen LogP contribution in [0.3, 0.4) is 0 Å². The van der Waals surface area contributed by atoms with Gasteiger partial charge in [-0.2, -0.15) is 0 Å². The van der Waals surface area contributed by atoms with Crippen LogP contribution in [0.4, 0.5) is 0 Å². The van der Waals surface area contributed by atoms with Crippen LogP contribution in [0.5, 0.6) is 0 Å². The predicted molar refractivity (Wildman–Crippen MR) is 270 cm³/mol. The van der Waals surface area contributed by atoms with E-state index in [0.717, 1.165) is 70.6 Å². The van der Waals surface area contributed by atoms with Gasteiger partial charge in [0, 0.05) is 19.3 Å². The van der Waals surface area contributed by atoms with E-state index in [1.807, 2.05) is 30.4 Å². The van der Waals surface area contributed by atoms with Gasteiger partial charge in [0.2, 0.25) is 0 Å². The maximum absolute atomic E-state index is 12.8. The Hall–Kier alpha value is -2.63. The average Bonchev–Trinajstić information content (AvgIpc) is 3.28. The van der Waals surface area contributed by atoms with Crippen molar-refractivity contribution < 1.29 is 28.6 Å². The minimum atomic E-state index is -0.784. The van der Waals surface area contributed by atoms with Gasteiger partial charge in [-0.25, -0.2) is 0 Å². The molecule has 0 aromatic carbocycles. The van der Waals surface area contributed by atoms with Gasteiger partial charge in [0.15, 0.2) is 6.10 Å². The molecule has 0 spiro atoms. The van der Waals surface area contributed by atoms with Gasteiger partial charge in [-0.3, -0.25) is 14.4 Å². The highest BCUT2D eigenvalue weighted by Gasteiger charge is 2.19. The molecule has 1 atom stereocenters. The molecule has 0 aromatic rings. The van der Waals surface area contributed by atoms with E-state index in [0.29, 0.717) is 19.3 Å². The molecule has 0 amide bonds. The monoisotopic (exact) mass is 883 g/mol. The number of ether oxygens (including phenoxy) is 3. The van der Waals surface area contributed by atoms with Crippen LogP contribution < -0.4 is 0 Å². The second-order valence-electron chi connectivity index (χ2n) is 18.2. The maximum Gasteiger partial charge on any atom is 0.306 e. The van der Waals surface area contributed by atoms with Crippen LogP contribution in [0.1, 0.15) is 278 Å². The van der Waals surface area contributed by atoms with Gasteiger partial charge in [0.1, 0.15) is 13.2 Å². The van der Waals surface area contributed by atoms with Crippen LogP contribution in [-0.2, 0) is 28.6 Å². The Bertz CT molecular complexity index is 1110. The Kier molecular flexibility index (Phi) is 49.8. The Labute approximate surface area is 390 Å². The lowest BCUT2D eigenvalue weighted by atomic mass is 10.0. The second kappa shape index (κ2) is 52.0. The number of unbranched alkanes of at least 4 members (excludes halogenated alkanes) is 33. The standard InChI is InChI=1S/C57H102O6/c1-4-7-10-13-16-19-22-25-27-29-32-35-38-41-44-47-50-56(59)62-53-54(52-61-55(58)49-46-43-40-37-34-31-24-21-18-15-12-9-6-3)63-57(60)51-48-45-42-39-36-33-30-28-26-23-20-17-14-11-8-5-2/h9,12,15,18,21,24,31,34,54H,4-8,10-11,13-14,16-17,19-20,22-23,25-30,32-33,35-53H2,1-3H3/b12-9+,18-15+,24-21+,34-31+. The minimum Gasteiger partial charge on any atom is -0.462 e. The first-order valence-corrected chi connectivity index (χ1v) is 27.2. The molecular weight excluding hydrogens is 781 g/mol. The van der Waals surface area contributed by atoms with E-state index in [1.54, 1.807) is 0 Å². The molecule has 0 aliphatic rings. The van der Waals surface area contributed by atoms with Gasteiger partial charge in [-0.15, -0.1) is 0 Å². The lowest BCUT2D eigenvalue weighted by Gasteiger charge is -2.18. The first-order valence-electron chi connectivity index (χ1n) is 27.2. The summed E-state index contributed by atoms with van der Waals surface area (Å²) in [6, 6.07) is 0. The Morgan fingerprint density at radius 2 is 0.619 bits per heavy atom. The first-order chi connectivity index (χ1) is 31.0. The Balaban J connectivity index is 4.38. The second-order valence-corrected chi connectivity index (χ2v) is 18.2. The van der Waals surface area contributed by atoms with Crippen molar-refractivity contribution in [3.63, 3.8) is 0 Å². The predicted octanol–water partition coefficient (Wildman–Crippen LogP) is 17.9. The molecule has 6 heteroatoms. The molecule has 0 fully saturated rings. The SMILES string of the molecule is CC/C=C/C=C/C=C/C=C/CCCCCC(=O)OCC(COC(=O)CCCCCCCCCCCCCCCCCC)OC(=O)CCCCCCCCCCCCCCCCCC. The van der Waals surface area contributed by atoms with Gasteiger partial charge < -0.3 is 14.2 Å². The third-order valence-electron chi connectivity index (χ3n) is 11.9. The summed E-state index contributed by atoms with van der Waals surface area (Å²) < 4.78 is 16.8. The van der Waals surface area contributed by atoms with E-state index < -0.39 is 6.10 Å². The zero-order valence-corrected chi connectivity index (χ0v) is 41.8. The molecular formula is C57H102O6. The first kappa shape index (κ1) is 60.4. The normalized spacial score (nSPS) is 12.4. The molecule has 0 saturated heterocycles. The third kappa shape index (κ3) is 50.2. The third-order valence-corrected chi connectivity index (χ3v) is 11.9. The van der Waals surface area contributed by atoms with Crippen LogP contribution in [0.25, 0.3) is 0 Å². The molecule has 1 unspecified atom stereocenters. The van der Waals surface area contributed by atoms with E-state index in [4.69, 9.17) is 14.2 Å². The molecule has 63 heavy (non-hydrogen) atoms. The highest BCUT2D eigenvalue weighted by atomic mass is 16.6. The smallest absolute Gasteiger partial charge is 0.306 e. The maximum atomic E-state index is 12.8. The van der Waals surface area contributed by atoms with E-state index in [1.165, 1.54) is 167 Å². The topological polar surface area (TPSA) is 78.9 Å². The zero-order chi connectivity index (χ0) is 45.8. The summed E-state index contributed by atoms with van der Waals surface area (Å²) in [7, 11) is 0. The quantitative estimate of drug-likeness (QED) is 0.0262. The van der Waals surface area contributed by atoms with Crippen LogP contribution in [0.2, 0.25) is 0 Å². The summed E-state index contributed by atoms with van der Waals surface area (Å²) in [5.41, 5.74) is 0. The van der Waals surface area contributed by atoms with Gasteiger partial charge in [-0.05, 0) is 38.5 Å². The number of carbonyl (C=O) groups is 3. The Morgan fingerprint density at radius 1 is 0.333 bits per heavy atom. The molecule has 366 valence electrons. The number of allylic oxidation sites excluding steroid dienone is 8. The largest absolute Gasteiger partial charge is 0.462 e. The number of hydrogen-bond donors (Lipinski definition) is 0. The summed E-state index contributed by atoms with van der Waals surface area (Å²) >= 11 is 0. The molecule has 0 saturated carbocycles. The molecule has 0 aliphatic carbocycles. The minimum absolute atomic E-state index is 0.0817. The number of hydrogen-bond acceptors (Lipinski definition) is 6. The van der Waals surface area contributed by atoms with Crippen molar-refractivity contribution in [2.75, 3.05) is 13.2 Å². The van der Waals surface area contributed by atoms with Crippen molar-refractivity contribution in [2.45, 2.75) is 284 Å². The summed E-state index contributed by atoms with van der Waals surface area (Å²) in [6.45, 7) is 6.50. The molecule has 0 aromatic heterocycles. The van der Waals surface area contributed by atoms with Crippen LogP contribution >= 0.6 is 0 Å². The number of carbonyl (C=O) groups excluding carboxylic acids is 3. The highest BCUT2D eigenvalue weighted by Crippen LogP contribution is 2.17. The zero-order valence-electron chi connectivity index (χ0n) is 41.8. The highest BCUT2D eigenvalue weighted by molar-refractivity contribution is 5.71. The fraction of sp³-hybridized carbons (Fsp3) is 0.807. The van der Waals surface area contributed by atoms with E-state index in [9.17, 15) is 14.4 Å². The summed E-state index contributed by atoms with van der Waals surface area (Å²) in [4.78, 5) is 38.0. The lowest BCUT2D eigenvalue weighted by molar-refractivity contribution is -0.167. The van der Waals surface area contributed by atoms with Crippen molar-refractivity contribution in [2.24, 2.45) is 0 Å². The molecule has 0 heterocycles. The average molecular weight is 883 g/mol. The molecule has 0 N–H and O–H groups in total. The number of esters is 3. The van der Waals surface area contributed by atoms with Gasteiger partial charge in [0.25, 0.3) is 0 Å². The molecule has 0 rings (SSSR count). The molecule has 0 radical (unpaired) electrons. The van der Waals surface area contributed by atoms with Crippen LogP contribution in [-0.4, -0.2) is 37.2 Å². The van der Waals surface area contributed by atoms with Crippen LogP contribution in [0.15, 0.2) is 48.6 Å². The van der Waals surface area contributed by atoms with Crippen molar-refractivity contribution in [3.05, 3.63) is 48.6 Å². The molecule has 0 aliphatic heterocycles. The van der Waals surface area contributed by atoms with Gasteiger partial charge >= 0.3 is 17.9 Å². The lowest BCUT2D eigenvalue weighted by Crippen LogP contribution is -2.30. The van der Waals surface area contributed by atoms with E-state index in [2.05, 4.69) is 39.0 Å².